The molecule has 17 heavy (non-hydrogen) atoms. The van der Waals surface area contributed by atoms with E-state index in [4.69, 9.17) is 11.6 Å². The summed E-state index contributed by atoms with van der Waals surface area (Å²) in [5.41, 5.74) is 0. The number of aromatic nitrogens is 2. The van der Waals surface area contributed by atoms with Crippen molar-refractivity contribution in [2.75, 3.05) is 0 Å². The Bertz CT molecular complexity index is 289. The first kappa shape index (κ1) is 14.9. The average Bonchev–Trinajstić information content (AvgIpc) is 2.73. The Labute approximate surface area is 114 Å². The largest absolute Gasteiger partial charge is 0.207 e. The van der Waals surface area contributed by atoms with E-state index in [1.165, 1.54) is 69.1 Å². The Kier molecular flexibility index (Phi) is 8.63. The molecule has 0 fully saturated rings. The zero-order valence-electron chi connectivity index (χ0n) is 10.8. The summed E-state index contributed by atoms with van der Waals surface area (Å²) in [6.07, 6.45) is 13.3. The van der Waals surface area contributed by atoms with E-state index in [9.17, 15) is 0 Å². The number of hydrogen-bond acceptors (Lipinski definition) is 3. The number of halogens is 1. The van der Waals surface area contributed by atoms with Crippen LogP contribution in [0.4, 0.5) is 0 Å². The maximum Gasteiger partial charge on any atom is 0.207 e. The second kappa shape index (κ2) is 9.84. The highest BCUT2D eigenvalue weighted by Gasteiger charge is 2.00. The molecular weight excluding hydrogens is 252 g/mol. The number of hydrogen-bond donors (Lipinski definition) is 0. The van der Waals surface area contributed by atoms with Gasteiger partial charge in [0.2, 0.25) is 4.47 Å². The molecule has 0 N–H and O–H groups in total. The molecule has 0 aliphatic heterocycles. The van der Waals surface area contributed by atoms with Crippen molar-refractivity contribution >= 4 is 22.9 Å². The Morgan fingerprint density at radius 2 is 1.47 bits per heavy atom. The van der Waals surface area contributed by atoms with Gasteiger partial charge in [-0.2, -0.15) is 0 Å². The second-order valence-corrected chi connectivity index (χ2v) is 6.17. The third-order valence-corrected chi connectivity index (χ3v) is 4.01. The molecule has 1 aromatic heterocycles. The average molecular weight is 275 g/mol. The summed E-state index contributed by atoms with van der Waals surface area (Å²) in [4.78, 5) is 0. The summed E-state index contributed by atoms with van der Waals surface area (Å²) in [6.45, 7) is 2.26. The smallest absolute Gasteiger partial charge is 0.142 e. The molecule has 0 aliphatic rings. The zero-order valence-corrected chi connectivity index (χ0v) is 12.3. The molecule has 1 heterocycles. The summed E-state index contributed by atoms with van der Waals surface area (Å²) in [5.74, 6) is 0. The molecule has 0 aliphatic carbocycles. The summed E-state index contributed by atoms with van der Waals surface area (Å²) < 4.78 is 0.566. The number of rotatable bonds is 10. The van der Waals surface area contributed by atoms with Crippen LogP contribution in [0.1, 0.15) is 69.7 Å². The zero-order chi connectivity index (χ0) is 12.3. The van der Waals surface area contributed by atoms with Gasteiger partial charge in [-0.05, 0) is 18.0 Å². The van der Waals surface area contributed by atoms with E-state index >= 15 is 0 Å². The lowest BCUT2D eigenvalue weighted by Gasteiger charge is -2.00. The van der Waals surface area contributed by atoms with E-state index in [0.29, 0.717) is 4.47 Å². The number of nitrogens with zero attached hydrogens (tertiary/aromatic N) is 2. The molecule has 0 radical (unpaired) electrons. The SMILES string of the molecule is CCCCCCCCCCCc1nnc(Cl)s1. The predicted molar refractivity (Wildman–Crippen MR) is 75.9 cm³/mol. The van der Waals surface area contributed by atoms with E-state index in [2.05, 4.69) is 17.1 Å². The maximum atomic E-state index is 5.73. The fourth-order valence-corrected chi connectivity index (χ4v) is 2.83. The molecule has 2 nitrogen and oxygen atoms in total. The molecule has 0 atom stereocenters. The maximum absolute atomic E-state index is 5.73. The van der Waals surface area contributed by atoms with Crippen LogP contribution in [-0.2, 0) is 6.42 Å². The van der Waals surface area contributed by atoms with Gasteiger partial charge in [0.15, 0.2) is 0 Å². The van der Waals surface area contributed by atoms with Crippen molar-refractivity contribution in [2.24, 2.45) is 0 Å². The van der Waals surface area contributed by atoms with Gasteiger partial charge >= 0.3 is 0 Å². The molecule has 0 aromatic carbocycles. The van der Waals surface area contributed by atoms with Crippen LogP contribution in [0.3, 0.4) is 0 Å². The predicted octanol–water partition coefficient (Wildman–Crippen LogP) is 5.26. The molecule has 0 bridgehead atoms. The molecule has 0 saturated heterocycles. The van der Waals surface area contributed by atoms with E-state index in [1.54, 1.807) is 0 Å². The van der Waals surface area contributed by atoms with Gasteiger partial charge in [-0.25, -0.2) is 0 Å². The molecule has 0 saturated carbocycles. The fourth-order valence-electron chi connectivity index (χ4n) is 1.92. The van der Waals surface area contributed by atoms with Crippen LogP contribution in [0.2, 0.25) is 4.47 Å². The van der Waals surface area contributed by atoms with Crippen molar-refractivity contribution in [3.63, 3.8) is 0 Å². The summed E-state index contributed by atoms with van der Waals surface area (Å²) in [6, 6.07) is 0. The number of aryl methyl sites for hydroxylation is 1. The first-order valence-electron chi connectivity index (χ1n) is 6.81. The third kappa shape index (κ3) is 7.72. The van der Waals surface area contributed by atoms with Gasteiger partial charge in [0.05, 0.1) is 0 Å². The van der Waals surface area contributed by atoms with Gasteiger partial charge in [-0.1, -0.05) is 69.6 Å². The molecule has 0 spiro atoms. The van der Waals surface area contributed by atoms with Crippen molar-refractivity contribution in [1.82, 2.24) is 10.2 Å². The molecule has 1 rings (SSSR count). The number of unbranched alkanes of at least 4 members (excludes halogenated alkanes) is 8. The normalized spacial score (nSPS) is 10.9. The van der Waals surface area contributed by atoms with Gasteiger partial charge in [-0.3, -0.25) is 0 Å². The lowest BCUT2D eigenvalue weighted by molar-refractivity contribution is 0.564. The molecular formula is C13H23ClN2S. The summed E-state index contributed by atoms with van der Waals surface area (Å²) in [7, 11) is 0. The van der Waals surface area contributed by atoms with Crippen LogP contribution in [0.5, 0.6) is 0 Å². The molecule has 4 heteroatoms. The standard InChI is InChI=1S/C13H23ClN2S/c1-2-3-4-5-6-7-8-9-10-11-12-15-16-13(14)17-12/h2-11H2,1H3. The van der Waals surface area contributed by atoms with Crippen molar-refractivity contribution in [3.05, 3.63) is 9.47 Å². The van der Waals surface area contributed by atoms with Crippen LogP contribution in [0.25, 0.3) is 0 Å². The van der Waals surface area contributed by atoms with Gasteiger partial charge in [0.1, 0.15) is 5.01 Å². The monoisotopic (exact) mass is 274 g/mol. The minimum Gasteiger partial charge on any atom is -0.142 e. The van der Waals surface area contributed by atoms with Crippen LogP contribution >= 0.6 is 22.9 Å². The highest BCUT2D eigenvalue weighted by atomic mass is 35.5. The van der Waals surface area contributed by atoms with Gasteiger partial charge in [0.25, 0.3) is 0 Å². The quantitative estimate of drug-likeness (QED) is 0.544. The van der Waals surface area contributed by atoms with Crippen LogP contribution in [0.15, 0.2) is 0 Å². The first-order valence-corrected chi connectivity index (χ1v) is 8.00. The molecule has 1 aromatic rings. The van der Waals surface area contributed by atoms with Crippen LogP contribution < -0.4 is 0 Å². The lowest BCUT2D eigenvalue weighted by atomic mass is 10.1. The van der Waals surface area contributed by atoms with Crippen molar-refractivity contribution in [2.45, 2.75) is 71.1 Å². The van der Waals surface area contributed by atoms with Crippen LogP contribution in [0, 0.1) is 0 Å². The molecule has 98 valence electrons. The molecule has 0 amide bonds. The Hall–Kier alpha value is -0.150. The lowest BCUT2D eigenvalue weighted by Crippen LogP contribution is -1.86. The van der Waals surface area contributed by atoms with E-state index in [1.807, 2.05) is 0 Å². The van der Waals surface area contributed by atoms with E-state index in [0.717, 1.165) is 11.4 Å². The van der Waals surface area contributed by atoms with Gasteiger partial charge < -0.3 is 0 Å². The van der Waals surface area contributed by atoms with E-state index < -0.39 is 0 Å². The van der Waals surface area contributed by atoms with Crippen molar-refractivity contribution in [3.8, 4) is 0 Å². The molecule has 0 unspecified atom stereocenters. The second-order valence-electron chi connectivity index (χ2n) is 4.53. The minimum absolute atomic E-state index is 0.566. The van der Waals surface area contributed by atoms with Gasteiger partial charge in [0, 0.05) is 6.42 Å². The summed E-state index contributed by atoms with van der Waals surface area (Å²) in [5, 5.41) is 8.91. The summed E-state index contributed by atoms with van der Waals surface area (Å²) >= 11 is 7.24. The van der Waals surface area contributed by atoms with Crippen molar-refractivity contribution in [1.29, 1.82) is 0 Å². The highest BCUT2D eigenvalue weighted by molar-refractivity contribution is 7.15. The first-order chi connectivity index (χ1) is 8.33. The van der Waals surface area contributed by atoms with E-state index in [-0.39, 0.29) is 0 Å². The Balaban J connectivity index is 1.84. The van der Waals surface area contributed by atoms with Crippen molar-refractivity contribution < 1.29 is 0 Å². The van der Waals surface area contributed by atoms with Gasteiger partial charge in [-0.15, -0.1) is 10.2 Å². The van der Waals surface area contributed by atoms with Crippen LogP contribution in [-0.4, -0.2) is 10.2 Å². The fraction of sp³-hybridized carbons (Fsp3) is 0.846. The minimum atomic E-state index is 0.566. The Morgan fingerprint density at radius 3 is 2.00 bits per heavy atom. The third-order valence-electron chi connectivity index (χ3n) is 2.94. The Morgan fingerprint density at radius 1 is 0.882 bits per heavy atom. The topological polar surface area (TPSA) is 25.8 Å². The highest BCUT2D eigenvalue weighted by Crippen LogP contribution is 2.17.